The number of rotatable bonds is 5. The fraction of sp³-hybridized carbons (Fsp3) is 0.385. The minimum Gasteiger partial charge on any atom is -0.324 e. The van der Waals surface area contributed by atoms with E-state index in [0.29, 0.717) is 17.3 Å². The summed E-state index contributed by atoms with van der Waals surface area (Å²) >= 11 is 5.94. The van der Waals surface area contributed by atoms with E-state index in [-0.39, 0.29) is 18.4 Å². The van der Waals surface area contributed by atoms with E-state index >= 15 is 0 Å². The van der Waals surface area contributed by atoms with Crippen LogP contribution >= 0.6 is 11.6 Å². The SMILES string of the molecule is C[C@@H](C#N)CN(C)CC(=O)Nc1ccccc1Cl. The van der Waals surface area contributed by atoms with E-state index < -0.39 is 0 Å². The molecular weight excluding hydrogens is 250 g/mol. The van der Waals surface area contributed by atoms with Gasteiger partial charge in [0.2, 0.25) is 5.91 Å². The zero-order chi connectivity index (χ0) is 13.5. The molecule has 0 spiro atoms. The van der Waals surface area contributed by atoms with E-state index in [9.17, 15) is 4.79 Å². The first kappa shape index (κ1) is 14.5. The number of carbonyl (C=O) groups excluding carboxylic acids is 1. The second-order valence-electron chi connectivity index (χ2n) is 4.25. The maximum Gasteiger partial charge on any atom is 0.238 e. The average Bonchev–Trinajstić information content (AvgIpc) is 2.31. The minimum atomic E-state index is -0.143. The molecule has 0 aromatic heterocycles. The Morgan fingerprint density at radius 3 is 2.83 bits per heavy atom. The molecule has 0 aliphatic heterocycles. The van der Waals surface area contributed by atoms with Crippen molar-refractivity contribution in [2.24, 2.45) is 5.92 Å². The quantitative estimate of drug-likeness (QED) is 0.889. The predicted octanol–water partition coefficient (Wildman–Crippen LogP) is 2.37. The lowest BCUT2D eigenvalue weighted by Crippen LogP contribution is -2.32. The summed E-state index contributed by atoms with van der Waals surface area (Å²) in [6.45, 7) is 2.62. The van der Waals surface area contributed by atoms with Crippen molar-refractivity contribution in [2.45, 2.75) is 6.92 Å². The summed E-state index contributed by atoms with van der Waals surface area (Å²) in [5, 5.41) is 11.9. The van der Waals surface area contributed by atoms with Gasteiger partial charge in [-0.05, 0) is 26.1 Å². The molecule has 0 bridgehead atoms. The molecule has 1 aromatic rings. The first-order valence-corrected chi connectivity index (χ1v) is 6.03. The molecule has 1 atom stereocenters. The highest BCUT2D eigenvalue weighted by molar-refractivity contribution is 6.33. The lowest BCUT2D eigenvalue weighted by atomic mass is 10.2. The van der Waals surface area contributed by atoms with Crippen molar-refractivity contribution in [3.8, 4) is 6.07 Å². The smallest absolute Gasteiger partial charge is 0.238 e. The number of anilines is 1. The predicted molar refractivity (Wildman–Crippen MR) is 72.4 cm³/mol. The van der Waals surface area contributed by atoms with Crippen molar-refractivity contribution in [1.82, 2.24) is 4.90 Å². The normalized spacial score (nSPS) is 11.9. The Bertz CT molecular complexity index is 456. The largest absolute Gasteiger partial charge is 0.324 e. The molecule has 1 rings (SSSR count). The van der Waals surface area contributed by atoms with Crippen LogP contribution < -0.4 is 5.32 Å². The average molecular weight is 266 g/mol. The van der Waals surface area contributed by atoms with Crippen LogP contribution in [0.3, 0.4) is 0 Å². The third kappa shape index (κ3) is 4.74. The first-order valence-electron chi connectivity index (χ1n) is 5.65. The number of likely N-dealkylation sites (N-methyl/N-ethyl adjacent to an activating group) is 1. The van der Waals surface area contributed by atoms with Crippen molar-refractivity contribution < 1.29 is 4.79 Å². The molecular formula is C13H16ClN3O. The van der Waals surface area contributed by atoms with Gasteiger partial charge in [0.1, 0.15) is 0 Å². The van der Waals surface area contributed by atoms with E-state index in [1.165, 1.54) is 0 Å². The van der Waals surface area contributed by atoms with Gasteiger partial charge in [0.15, 0.2) is 0 Å². The molecule has 0 fully saturated rings. The fourth-order valence-corrected chi connectivity index (χ4v) is 1.75. The van der Waals surface area contributed by atoms with Gasteiger partial charge in [-0.3, -0.25) is 9.69 Å². The van der Waals surface area contributed by atoms with Crippen molar-refractivity contribution in [3.63, 3.8) is 0 Å². The number of amides is 1. The number of hydrogen-bond donors (Lipinski definition) is 1. The Morgan fingerprint density at radius 2 is 2.22 bits per heavy atom. The molecule has 0 unspecified atom stereocenters. The van der Waals surface area contributed by atoms with Crippen LogP contribution in [-0.2, 0) is 4.79 Å². The van der Waals surface area contributed by atoms with Gasteiger partial charge in [0.25, 0.3) is 0 Å². The lowest BCUT2D eigenvalue weighted by Gasteiger charge is -2.17. The number of halogens is 1. The molecule has 96 valence electrons. The standard InChI is InChI=1S/C13H16ClN3O/c1-10(7-15)8-17(2)9-13(18)16-12-6-4-3-5-11(12)14/h3-6,10H,8-9H2,1-2H3,(H,16,18)/t10-/m0/s1. The van der Waals surface area contributed by atoms with Crippen LogP contribution in [0.2, 0.25) is 5.02 Å². The van der Waals surface area contributed by atoms with Gasteiger partial charge in [-0.25, -0.2) is 0 Å². The zero-order valence-electron chi connectivity index (χ0n) is 10.5. The summed E-state index contributed by atoms with van der Waals surface area (Å²) in [6, 6.07) is 9.22. The number of carbonyl (C=O) groups is 1. The summed E-state index contributed by atoms with van der Waals surface area (Å²) in [4.78, 5) is 13.6. The monoisotopic (exact) mass is 265 g/mol. The van der Waals surface area contributed by atoms with Crippen LogP contribution in [0.5, 0.6) is 0 Å². The molecule has 18 heavy (non-hydrogen) atoms. The lowest BCUT2D eigenvalue weighted by molar-refractivity contribution is -0.117. The van der Waals surface area contributed by atoms with Gasteiger partial charge in [-0.15, -0.1) is 0 Å². The van der Waals surface area contributed by atoms with Crippen LogP contribution in [-0.4, -0.2) is 30.9 Å². The second kappa shape index (κ2) is 7.00. The Hall–Kier alpha value is -1.57. The highest BCUT2D eigenvalue weighted by Gasteiger charge is 2.10. The van der Waals surface area contributed by atoms with Gasteiger partial charge >= 0.3 is 0 Å². The van der Waals surface area contributed by atoms with E-state index in [2.05, 4.69) is 11.4 Å². The topological polar surface area (TPSA) is 56.1 Å². The molecule has 1 N–H and O–H groups in total. The summed E-state index contributed by atoms with van der Waals surface area (Å²) in [5.74, 6) is -0.237. The van der Waals surface area contributed by atoms with Crippen LogP contribution in [0.15, 0.2) is 24.3 Å². The maximum absolute atomic E-state index is 11.8. The molecule has 0 saturated heterocycles. The molecule has 0 saturated carbocycles. The van der Waals surface area contributed by atoms with Crippen LogP contribution in [0.4, 0.5) is 5.69 Å². The third-order valence-corrected chi connectivity index (χ3v) is 2.70. The van der Waals surface area contributed by atoms with Gasteiger partial charge < -0.3 is 5.32 Å². The molecule has 0 aliphatic rings. The fourth-order valence-electron chi connectivity index (χ4n) is 1.57. The molecule has 1 aromatic carbocycles. The molecule has 0 heterocycles. The van der Waals surface area contributed by atoms with Crippen LogP contribution in [0.25, 0.3) is 0 Å². The molecule has 4 nitrogen and oxygen atoms in total. The highest BCUT2D eigenvalue weighted by Crippen LogP contribution is 2.20. The summed E-state index contributed by atoms with van der Waals surface area (Å²) in [6.07, 6.45) is 0. The minimum absolute atomic E-state index is 0.0943. The molecule has 0 radical (unpaired) electrons. The highest BCUT2D eigenvalue weighted by atomic mass is 35.5. The van der Waals surface area contributed by atoms with E-state index in [0.717, 1.165) is 0 Å². The van der Waals surface area contributed by atoms with Crippen molar-refractivity contribution in [3.05, 3.63) is 29.3 Å². The van der Waals surface area contributed by atoms with Gasteiger partial charge in [-0.1, -0.05) is 23.7 Å². The Balaban J connectivity index is 2.48. The summed E-state index contributed by atoms with van der Waals surface area (Å²) < 4.78 is 0. The Kier molecular flexibility index (Phi) is 5.63. The number of nitriles is 1. The number of hydrogen-bond acceptors (Lipinski definition) is 3. The van der Waals surface area contributed by atoms with E-state index in [1.54, 1.807) is 30.1 Å². The van der Waals surface area contributed by atoms with Crippen LogP contribution in [0, 0.1) is 17.2 Å². The second-order valence-corrected chi connectivity index (χ2v) is 4.66. The zero-order valence-corrected chi connectivity index (χ0v) is 11.2. The number of nitrogens with zero attached hydrogens (tertiary/aromatic N) is 2. The van der Waals surface area contributed by atoms with Gasteiger partial charge in [0.05, 0.1) is 29.2 Å². The summed E-state index contributed by atoms with van der Waals surface area (Å²) in [5.41, 5.74) is 0.603. The van der Waals surface area contributed by atoms with Gasteiger partial charge in [0, 0.05) is 6.54 Å². The van der Waals surface area contributed by atoms with Crippen molar-refractivity contribution in [2.75, 3.05) is 25.5 Å². The summed E-state index contributed by atoms with van der Waals surface area (Å²) in [7, 11) is 1.81. The number of nitrogens with one attached hydrogen (secondary N) is 1. The van der Waals surface area contributed by atoms with Gasteiger partial charge in [-0.2, -0.15) is 5.26 Å². The number of benzene rings is 1. The Labute approximate surface area is 112 Å². The van der Waals surface area contributed by atoms with Crippen molar-refractivity contribution >= 4 is 23.2 Å². The Morgan fingerprint density at radius 1 is 1.56 bits per heavy atom. The number of para-hydroxylation sites is 1. The van der Waals surface area contributed by atoms with Crippen molar-refractivity contribution in [1.29, 1.82) is 5.26 Å². The van der Waals surface area contributed by atoms with E-state index in [4.69, 9.17) is 16.9 Å². The molecule has 1 amide bonds. The third-order valence-electron chi connectivity index (χ3n) is 2.37. The first-order chi connectivity index (χ1) is 8.52. The van der Waals surface area contributed by atoms with Crippen LogP contribution in [0.1, 0.15) is 6.92 Å². The van der Waals surface area contributed by atoms with E-state index in [1.807, 2.05) is 13.0 Å². The maximum atomic E-state index is 11.8. The molecule has 0 aliphatic carbocycles. The molecule has 5 heteroatoms.